The van der Waals surface area contributed by atoms with Gasteiger partial charge in [-0.15, -0.1) is 0 Å². The van der Waals surface area contributed by atoms with Crippen molar-refractivity contribution in [2.45, 2.75) is 32.2 Å². The van der Waals surface area contributed by atoms with Gasteiger partial charge in [0.25, 0.3) is 0 Å². The molecule has 3 unspecified atom stereocenters. The van der Waals surface area contributed by atoms with Crippen LogP contribution >= 0.6 is 0 Å². The second-order valence-corrected chi connectivity index (χ2v) is 2.98. The average Bonchev–Trinajstić information content (AvgIpc) is 1.93. The summed E-state index contributed by atoms with van der Waals surface area (Å²) in [5, 5.41) is 9.20. The molecule has 10 heavy (non-hydrogen) atoms. The maximum absolute atomic E-state index is 9.20. The van der Waals surface area contributed by atoms with E-state index in [1.165, 1.54) is 0 Å². The Morgan fingerprint density at radius 2 is 2.10 bits per heavy atom. The standard InChI is InChI=1S/C7H15NO2/c1-5-4-10-7(9)6(2)8(5)3/h5-7,9H,4H2,1-3H3. The number of morpholine rings is 1. The predicted molar refractivity (Wildman–Crippen MR) is 38.6 cm³/mol. The van der Waals surface area contributed by atoms with E-state index >= 15 is 0 Å². The molecule has 0 aromatic heterocycles. The van der Waals surface area contributed by atoms with E-state index in [-0.39, 0.29) is 6.04 Å². The Morgan fingerprint density at radius 1 is 1.50 bits per heavy atom. The molecule has 0 bridgehead atoms. The molecule has 0 aromatic rings. The van der Waals surface area contributed by atoms with Gasteiger partial charge < -0.3 is 9.84 Å². The number of hydrogen-bond donors (Lipinski definition) is 1. The Morgan fingerprint density at radius 3 is 2.60 bits per heavy atom. The molecule has 3 heteroatoms. The van der Waals surface area contributed by atoms with E-state index in [1.807, 2.05) is 14.0 Å². The minimum Gasteiger partial charge on any atom is -0.367 e. The maximum Gasteiger partial charge on any atom is 0.169 e. The van der Waals surface area contributed by atoms with Gasteiger partial charge in [-0.05, 0) is 20.9 Å². The molecule has 1 aliphatic heterocycles. The van der Waals surface area contributed by atoms with Gasteiger partial charge in [0.1, 0.15) is 0 Å². The lowest BCUT2D eigenvalue weighted by Gasteiger charge is -2.38. The summed E-state index contributed by atoms with van der Waals surface area (Å²) in [7, 11) is 2.00. The van der Waals surface area contributed by atoms with Crippen molar-refractivity contribution in [1.82, 2.24) is 4.90 Å². The Balaban J connectivity index is 2.52. The molecule has 0 aromatic carbocycles. The van der Waals surface area contributed by atoms with Gasteiger partial charge in [-0.3, -0.25) is 4.90 Å². The average molecular weight is 145 g/mol. The summed E-state index contributed by atoms with van der Waals surface area (Å²) in [5.74, 6) is 0. The molecule has 60 valence electrons. The van der Waals surface area contributed by atoms with Gasteiger partial charge in [-0.25, -0.2) is 0 Å². The van der Waals surface area contributed by atoms with Gasteiger partial charge in [-0.2, -0.15) is 0 Å². The first-order chi connectivity index (χ1) is 4.63. The first-order valence-corrected chi connectivity index (χ1v) is 3.64. The van der Waals surface area contributed by atoms with Crippen molar-refractivity contribution in [3.63, 3.8) is 0 Å². The highest BCUT2D eigenvalue weighted by Gasteiger charge is 2.28. The van der Waals surface area contributed by atoms with Crippen molar-refractivity contribution in [3.05, 3.63) is 0 Å². The summed E-state index contributed by atoms with van der Waals surface area (Å²) in [5.41, 5.74) is 0. The van der Waals surface area contributed by atoms with Crippen LogP contribution in [-0.4, -0.2) is 42.0 Å². The number of rotatable bonds is 0. The second kappa shape index (κ2) is 2.86. The van der Waals surface area contributed by atoms with E-state index in [1.54, 1.807) is 0 Å². The molecule has 3 nitrogen and oxygen atoms in total. The Bertz CT molecular complexity index is 104. The highest BCUT2D eigenvalue weighted by Crippen LogP contribution is 2.14. The Kier molecular flexibility index (Phi) is 2.28. The fourth-order valence-electron chi connectivity index (χ4n) is 1.10. The minimum atomic E-state index is -0.610. The Labute approximate surface area is 61.6 Å². The third-order valence-corrected chi connectivity index (χ3v) is 2.26. The first-order valence-electron chi connectivity index (χ1n) is 3.64. The highest BCUT2D eigenvalue weighted by molar-refractivity contribution is 4.76. The molecule has 1 fully saturated rings. The lowest BCUT2D eigenvalue weighted by atomic mass is 10.2. The first kappa shape index (κ1) is 7.98. The molecule has 0 aliphatic carbocycles. The monoisotopic (exact) mass is 145 g/mol. The number of aliphatic hydroxyl groups is 1. The van der Waals surface area contributed by atoms with E-state index in [4.69, 9.17) is 4.74 Å². The zero-order chi connectivity index (χ0) is 7.72. The Hall–Kier alpha value is -0.120. The molecular weight excluding hydrogens is 130 g/mol. The number of ether oxygens (including phenoxy) is 1. The molecule has 3 atom stereocenters. The smallest absolute Gasteiger partial charge is 0.169 e. The van der Waals surface area contributed by atoms with Crippen molar-refractivity contribution in [1.29, 1.82) is 0 Å². The number of aliphatic hydroxyl groups excluding tert-OH is 1. The van der Waals surface area contributed by atoms with Crippen LogP contribution in [0.4, 0.5) is 0 Å². The maximum atomic E-state index is 9.20. The van der Waals surface area contributed by atoms with Crippen LogP contribution in [0.3, 0.4) is 0 Å². The minimum absolute atomic E-state index is 0.115. The van der Waals surface area contributed by atoms with E-state index in [9.17, 15) is 5.11 Å². The summed E-state index contributed by atoms with van der Waals surface area (Å²) in [6.07, 6.45) is -0.610. The van der Waals surface area contributed by atoms with Gasteiger partial charge in [-0.1, -0.05) is 0 Å². The fraction of sp³-hybridized carbons (Fsp3) is 1.00. The van der Waals surface area contributed by atoms with Crippen LogP contribution in [0.25, 0.3) is 0 Å². The van der Waals surface area contributed by atoms with Crippen LogP contribution in [0.5, 0.6) is 0 Å². The largest absolute Gasteiger partial charge is 0.367 e. The van der Waals surface area contributed by atoms with Gasteiger partial charge in [0.05, 0.1) is 12.6 Å². The molecular formula is C7H15NO2. The second-order valence-electron chi connectivity index (χ2n) is 2.98. The quantitative estimate of drug-likeness (QED) is 0.522. The lowest BCUT2D eigenvalue weighted by molar-refractivity contribution is -0.186. The van der Waals surface area contributed by atoms with Crippen molar-refractivity contribution in [3.8, 4) is 0 Å². The van der Waals surface area contributed by atoms with E-state index in [2.05, 4.69) is 11.8 Å². The SMILES string of the molecule is CC1COC(O)C(C)N1C. The lowest BCUT2D eigenvalue weighted by Crippen LogP contribution is -2.52. The van der Waals surface area contributed by atoms with Gasteiger partial charge in [0.2, 0.25) is 0 Å². The summed E-state index contributed by atoms with van der Waals surface area (Å²) in [6.45, 7) is 4.67. The summed E-state index contributed by atoms with van der Waals surface area (Å²) >= 11 is 0. The van der Waals surface area contributed by atoms with E-state index in [0.29, 0.717) is 12.6 Å². The third-order valence-electron chi connectivity index (χ3n) is 2.26. The van der Waals surface area contributed by atoms with Crippen molar-refractivity contribution in [2.75, 3.05) is 13.7 Å². The van der Waals surface area contributed by atoms with Crippen molar-refractivity contribution >= 4 is 0 Å². The van der Waals surface area contributed by atoms with Crippen LogP contribution in [-0.2, 0) is 4.74 Å². The molecule has 0 saturated carbocycles. The topological polar surface area (TPSA) is 32.7 Å². The summed E-state index contributed by atoms with van der Waals surface area (Å²) in [4.78, 5) is 2.12. The van der Waals surface area contributed by atoms with Crippen molar-refractivity contribution < 1.29 is 9.84 Å². The molecule has 1 rings (SSSR count). The summed E-state index contributed by atoms with van der Waals surface area (Å²) in [6, 6.07) is 0.530. The molecule has 1 saturated heterocycles. The van der Waals surface area contributed by atoms with Crippen LogP contribution in [0.2, 0.25) is 0 Å². The van der Waals surface area contributed by atoms with Crippen molar-refractivity contribution in [2.24, 2.45) is 0 Å². The molecule has 0 radical (unpaired) electrons. The van der Waals surface area contributed by atoms with Crippen LogP contribution in [0.15, 0.2) is 0 Å². The zero-order valence-electron chi connectivity index (χ0n) is 6.74. The number of likely N-dealkylation sites (N-methyl/N-ethyl adjacent to an activating group) is 1. The molecule has 1 heterocycles. The number of hydrogen-bond acceptors (Lipinski definition) is 3. The van der Waals surface area contributed by atoms with Gasteiger partial charge in [0, 0.05) is 6.04 Å². The van der Waals surface area contributed by atoms with Crippen LogP contribution < -0.4 is 0 Å². The fourth-order valence-corrected chi connectivity index (χ4v) is 1.10. The summed E-state index contributed by atoms with van der Waals surface area (Å²) < 4.78 is 5.09. The molecule has 0 spiro atoms. The van der Waals surface area contributed by atoms with Crippen LogP contribution in [0, 0.1) is 0 Å². The third kappa shape index (κ3) is 1.31. The van der Waals surface area contributed by atoms with Gasteiger partial charge >= 0.3 is 0 Å². The van der Waals surface area contributed by atoms with Gasteiger partial charge in [0.15, 0.2) is 6.29 Å². The molecule has 1 N–H and O–H groups in total. The van der Waals surface area contributed by atoms with E-state index < -0.39 is 6.29 Å². The predicted octanol–water partition coefficient (Wildman–Crippen LogP) is 0.0438. The number of nitrogens with zero attached hydrogens (tertiary/aromatic N) is 1. The van der Waals surface area contributed by atoms with E-state index in [0.717, 1.165) is 0 Å². The zero-order valence-corrected chi connectivity index (χ0v) is 6.74. The molecule has 0 amide bonds. The highest BCUT2D eigenvalue weighted by atomic mass is 16.6. The molecule has 1 aliphatic rings. The normalized spacial score (nSPS) is 43.8. The van der Waals surface area contributed by atoms with Crippen LogP contribution in [0.1, 0.15) is 13.8 Å².